The second-order valence-electron chi connectivity index (χ2n) is 7.63. The summed E-state index contributed by atoms with van der Waals surface area (Å²) in [6, 6.07) is 9.79. The number of anilines is 1. The molecule has 1 saturated carbocycles. The second-order valence-corrected chi connectivity index (χ2v) is 7.63. The number of aryl methyl sites for hydroxylation is 1. The van der Waals surface area contributed by atoms with Crippen LogP contribution in [0.1, 0.15) is 49.6 Å². The third-order valence-corrected chi connectivity index (χ3v) is 5.55. The van der Waals surface area contributed by atoms with Gasteiger partial charge in [-0.1, -0.05) is 29.4 Å². The van der Waals surface area contributed by atoms with Crippen molar-refractivity contribution in [3.63, 3.8) is 0 Å². The molecular formula is C20H26N4O2. The molecule has 6 nitrogen and oxygen atoms in total. The second kappa shape index (κ2) is 7.48. The van der Waals surface area contributed by atoms with Gasteiger partial charge in [0, 0.05) is 25.4 Å². The van der Waals surface area contributed by atoms with Crippen molar-refractivity contribution in [1.82, 2.24) is 15.5 Å². The molecule has 2 aliphatic rings. The number of fused-ring (bicyclic) bond motifs is 1. The number of hydrogen-bond acceptors (Lipinski definition) is 5. The number of amides is 1. The third kappa shape index (κ3) is 4.06. The highest BCUT2D eigenvalue weighted by atomic mass is 16.4. The number of rotatable bonds is 5. The molecule has 26 heavy (non-hydrogen) atoms. The van der Waals surface area contributed by atoms with Gasteiger partial charge in [0.2, 0.25) is 11.8 Å². The molecule has 1 aromatic heterocycles. The monoisotopic (exact) mass is 354 g/mol. The van der Waals surface area contributed by atoms with Crippen molar-refractivity contribution in [3.8, 4) is 0 Å². The maximum absolute atomic E-state index is 11.2. The van der Waals surface area contributed by atoms with Gasteiger partial charge >= 0.3 is 6.01 Å². The summed E-state index contributed by atoms with van der Waals surface area (Å²) in [4.78, 5) is 11.2. The Morgan fingerprint density at radius 3 is 2.85 bits per heavy atom. The molecule has 0 aliphatic heterocycles. The van der Waals surface area contributed by atoms with Crippen LogP contribution in [0.3, 0.4) is 0 Å². The minimum absolute atomic E-state index is 0.0500. The predicted octanol–water partition coefficient (Wildman–Crippen LogP) is 2.89. The first-order chi connectivity index (χ1) is 12.7. The normalized spacial score (nSPS) is 24.9. The smallest absolute Gasteiger partial charge is 0.315 e. The molecule has 0 radical (unpaired) electrons. The Bertz CT molecular complexity index is 773. The Kier molecular flexibility index (Phi) is 4.91. The average Bonchev–Trinajstić information content (AvgIpc) is 3.24. The zero-order valence-electron chi connectivity index (χ0n) is 15.2. The molecule has 3 unspecified atom stereocenters. The Morgan fingerprint density at radius 2 is 2.00 bits per heavy atom. The standard InChI is InChI=1S/C20H26N4O2/c1-13(25)21-17-8-6-14(10-17)11-19-23-24-20(26-19)22-18-9-7-15-4-2-3-5-16(15)12-18/h2-5,14,17-18H,6-12H2,1H3,(H,21,25)(H,22,24). The van der Waals surface area contributed by atoms with Crippen LogP contribution in [-0.2, 0) is 24.1 Å². The van der Waals surface area contributed by atoms with Crippen LogP contribution in [0, 0.1) is 5.92 Å². The average molecular weight is 354 g/mol. The van der Waals surface area contributed by atoms with E-state index in [1.165, 1.54) is 11.1 Å². The van der Waals surface area contributed by atoms with Crippen molar-refractivity contribution in [3.05, 3.63) is 41.3 Å². The van der Waals surface area contributed by atoms with E-state index in [2.05, 4.69) is 45.1 Å². The SMILES string of the molecule is CC(=O)NC1CCC(Cc2nnc(NC3CCc4ccccc4C3)o2)C1. The fourth-order valence-electron chi connectivity index (χ4n) is 4.32. The lowest BCUT2D eigenvalue weighted by molar-refractivity contribution is -0.119. The van der Waals surface area contributed by atoms with Crippen LogP contribution in [0.4, 0.5) is 6.01 Å². The fourth-order valence-corrected chi connectivity index (χ4v) is 4.32. The van der Waals surface area contributed by atoms with Crippen LogP contribution < -0.4 is 10.6 Å². The van der Waals surface area contributed by atoms with Crippen LogP contribution >= 0.6 is 0 Å². The quantitative estimate of drug-likeness (QED) is 0.863. The van der Waals surface area contributed by atoms with Crippen LogP contribution in [-0.4, -0.2) is 28.2 Å². The molecule has 2 aliphatic carbocycles. The summed E-state index contributed by atoms with van der Waals surface area (Å²) in [6.45, 7) is 1.58. The van der Waals surface area contributed by atoms with Gasteiger partial charge in [-0.15, -0.1) is 5.10 Å². The van der Waals surface area contributed by atoms with Crippen LogP contribution in [0.15, 0.2) is 28.7 Å². The van der Waals surface area contributed by atoms with Gasteiger partial charge in [-0.25, -0.2) is 0 Å². The largest absolute Gasteiger partial charge is 0.408 e. The zero-order chi connectivity index (χ0) is 17.9. The van der Waals surface area contributed by atoms with Crippen LogP contribution in [0.2, 0.25) is 0 Å². The zero-order valence-corrected chi connectivity index (χ0v) is 15.2. The summed E-state index contributed by atoms with van der Waals surface area (Å²) >= 11 is 0. The van der Waals surface area contributed by atoms with Crippen molar-refractivity contribution >= 4 is 11.9 Å². The van der Waals surface area contributed by atoms with E-state index in [-0.39, 0.29) is 5.91 Å². The molecule has 0 saturated heterocycles. The molecule has 6 heteroatoms. The molecule has 1 fully saturated rings. The third-order valence-electron chi connectivity index (χ3n) is 5.55. The highest BCUT2D eigenvalue weighted by Crippen LogP contribution is 2.29. The summed E-state index contributed by atoms with van der Waals surface area (Å²) in [7, 11) is 0. The lowest BCUT2D eigenvalue weighted by Crippen LogP contribution is -2.30. The lowest BCUT2D eigenvalue weighted by atomic mass is 9.88. The number of hydrogen-bond donors (Lipinski definition) is 2. The Balaban J connectivity index is 1.30. The van der Waals surface area contributed by atoms with Gasteiger partial charge < -0.3 is 15.1 Å². The fraction of sp³-hybridized carbons (Fsp3) is 0.550. The van der Waals surface area contributed by atoms with Crippen molar-refractivity contribution in [2.24, 2.45) is 5.92 Å². The molecule has 0 spiro atoms. The van der Waals surface area contributed by atoms with Crippen LogP contribution in [0.25, 0.3) is 0 Å². The number of carbonyl (C=O) groups excluding carboxylic acids is 1. The van der Waals surface area contributed by atoms with Gasteiger partial charge in [0.05, 0.1) is 0 Å². The molecule has 3 atom stereocenters. The van der Waals surface area contributed by atoms with E-state index in [1.54, 1.807) is 6.92 Å². The van der Waals surface area contributed by atoms with E-state index >= 15 is 0 Å². The summed E-state index contributed by atoms with van der Waals surface area (Å²) in [5.74, 6) is 1.24. The lowest BCUT2D eigenvalue weighted by Gasteiger charge is -2.24. The molecule has 138 valence electrons. The number of carbonyl (C=O) groups is 1. The van der Waals surface area contributed by atoms with E-state index in [0.717, 1.165) is 44.9 Å². The highest BCUT2D eigenvalue weighted by Gasteiger charge is 2.27. The van der Waals surface area contributed by atoms with Gasteiger partial charge in [0.15, 0.2) is 0 Å². The van der Waals surface area contributed by atoms with Crippen molar-refractivity contribution < 1.29 is 9.21 Å². The maximum atomic E-state index is 11.2. The first-order valence-electron chi connectivity index (χ1n) is 9.58. The van der Waals surface area contributed by atoms with Gasteiger partial charge in [-0.3, -0.25) is 4.79 Å². The first-order valence-corrected chi connectivity index (χ1v) is 9.58. The molecule has 1 aromatic carbocycles. The van der Waals surface area contributed by atoms with Crippen LogP contribution in [0.5, 0.6) is 0 Å². The number of nitrogens with one attached hydrogen (secondary N) is 2. The Hall–Kier alpha value is -2.37. The molecule has 4 rings (SSSR count). The molecule has 1 heterocycles. The van der Waals surface area contributed by atoms with Gasteiger partial charge in [-0.05, 0) is 55.6 Å². The topological polar surface area (TPSA) is 80.0 Å². The molecule has 1 amide bonds. The number of benzene rings is 1. The summed E-state index contributed by atoms with van der Waals surface area (Å²) < 4.78 is 5.83. The Labute approximate surface area is 153 Å². The number of nitrogens with zero attached hydrogens (tertiary/aromatic N) is 2. The highest BCUT2D eigenvalue weighted by molar-refractivity contribution is 5.73. The minimum atomic E-state index is 0.0500. The van der Waals surface area contributed by atoms with E-state index in [1.807, 2.05) is 0 Å². The maximum Gasteiger partial charge on any atom is 0.315 e. The molecule has 0 bridgehead atoms. The van der Waals surface area contributed by atoms with Crippen molar-refractivity contribution in [2.45, 2.75) is 64.0 Å². The molecule has 2 N–H and O–H groups in total. The summed E-state index contributed by atoms with van der Waals surface area (Å²) in [5.41, 5.74) is 2.86. The van der Waals surface area contributed by atoms with Crippen molar-refractivity contribution in [2.75, 3.05) is 5.32 Å². The van der Waals surface area contributed by atoms with Crippen molar-refractivity contribution in [1.29, 1.82) is 0 Å². The van der Waals surface area contributed by atoms with E-state index in [0.29, 0.717) is 29.9 Å². The Morgan fingerprint density at radius 1 is 1.15 bits per heavy atom. The minimum Gasteiger partial charge on any atom is -0.408 e. The van der Waals surface area contributed by atoms with E-state index in [9.17, 15) is 4.79 Å². The summed E-state index contributed by atoms with van der Waals surface area (Å²) in [5, 5.41) is 14.8. The van der Waals surface area contributed by atoms with Gasteiger partial charge in [0.25, 0.3) is 0 Å². The van der Waals surface area contributed by atoms with Gasteiger partial charge in [-0.2, -0.15) is 0 Å². The number of aromatic nitrogens is 2. The molecular weight excluding hydrogens is 328 g/mol. The predicted molar refractivity (Wildman–Crippen MR) is 98.8 cm³/mol. The van der Waals surface area contributed by atoms with E-state index in [4.69, 9.17) is 4.42 Å². The van der Waals surface area contributed by atoms with E-state index < -0.39 is 0 Å². The first kappa shape index (κ1) is 17.1. The van der Waals surface area contributed by atoms with Gasteiger partial charge in [0.1, 0.15) is 0 Å². The molecule has 2 aromatic rings. The summed E-state index contributed by atoms with van der Waals surface area (Å²) in [6.07, 6.45) is 7.06.